The van der Waals surface area contributed by atoms with E-state index in [0.29, 0.717) is 28.7 Å². The molecule has 27 rings (SSSR count). The van der Waals surface area contributed by atoms with Crippen LogP contribution in [-0.4, -0.2) is 20.1 Å². The second-order valence-electron chi connectivity index (χ2n) is 38.3. The third-order valence-corrected chi connectivity index (χ3v) is 29.2. The van der Waals surface area contributed by atoms with Gasteiger partial charge in [0, 0.05) is 73.5 Å². The maximum Gasteiger partial charge on any atom is 0.265 e. The average Bonchev–Trinajstić information content (AvgIpc) is 0.669. The third kappa shape index (κ3) is 13.6. The van der Waals surface area contributed by atoms with Gasteiger partial charge in [-0.15, -0.1) is 0 Å². The molecule has 6 aliphatic heterocycles. The van der Waals surface area contributed by atoms with Crippen molar-refractivity contribution in [1.29, 1.82) is 0 Å². The Labute approximate surface area is 810 Å². The summed E-state index contributed by atoms with van der Waals surface area (Å²) in [5.41, 5.74) is 41.8. The Bertz CT molecular complexity index is 8300. The number of hydrogen-bond donors (Lipinski definition) is 0. The minimum absolute atomic E-state index is 0.342. The van der Waals surface area contributed by atoms with Gasteiger partial charge in [-0.3, -0.25) is 0 Å². The van der Waals surface area contributed by atoms with Crippen LogP contribution < -0.4 is 77.9 Å². The number of rotatable bonds is 14. The second-order valence-corrected chi connectivity index (χ2v) is 38.3. The van der Waals surface area contributed by atoms with E-state index in [2.05, 4.69) is 504 Å². The first-order chi connectivity index (χ1) is 68.5. The highest BCUT2D eigenvalue weighted by molar-refractivity contribution is 7.04. The summed E-state index contributed by atoms with van der Waals surface area (Å²) in [6.45, 7) is 5.68. The van der Waals surface area contributed by atoms with Crippen molar-refractivity contribution >= 4 is 103 Å². The fourth-order valence-electron chi connectivity index (χ4n) is 22.7. The fraction of sp³-hybridized carbons (Fsp3) is 0.0308. The summed E-state index contributed by atoms with van der Waals surface area (Å²) in [6.07, 6.45) is 0. The molecule has 0 radical (unpaired) electrons. The molecule has 650 valence electrons. The van der Waals surface area contributed by atoms with Gasteiger partial charge >= 0.3 is 0 Å². The molecule has 0 unspecified atom stereocenters. The highest BCUT2D eigenvalue weighted by Crippen LogP contribution is 2.58. The lowest BCUT2D eigenvalue weighted by Gasteiger charge is -2.48. The summed E-state index contributed by atoms with van der Waals surface area (Å²) in [5, 5.41) is 0. The van der Waals surface area contributed by atoms with E-state index >= 15 is 0 Å². The van der Waals surface area contributed by atoms with Crippen LogP contribution in [0.4, 0.5) is 34.1 Å². The summed E-state index contributed by atoms with van der Waals surface area (Å²) in [7, 11) is 0. The Morgan fingerprint density at radius 2 is 0.453 bits per heavy atom. The van der Waals surface area contributed by atoms with E-state index in [9.17, 15) is 0 Å². The largest absolute Gasteiger partial charge is 0.459 e. The van der Waals surface area contributed by atoms with Crippen LogP contribution in [0.5, 0.6) is 46.0 Å². The first-order valence-electron chi connectivity index (χ1n) is 48.1. The number of fused-ring (bicyclic) bond motifs is 14. The predicted octanol–water partition coefficient (Wildman–Crippen LogP) is 28.5. The number of anilines is 6. The predicted molar refractivity (Wildman–Crippen MR) is 580 cm³/mol. The van der Waals surface area contributed by atoms with Crippen LogP contribution in [0.2, 0.25) is 0 Å². The van der Waals surface area contributed by atoms with E-state index in [0.717, 1.165) is 240 Å². The van der Waals surface area contributed by atoms with Gasteiger partial charge in [0.15, 0.2) is 0 Å². The quantitative estimate of drug-likeness (QED) is 0.101. The smallest absolute Gasteiger partial charge is 0.265 e. The van der Waals surface area contributed by atoms with Crippen LogP contribution in [0.1, 0.15) is 26.3 Å². The number of nitrogens with zero attached hydrogens (tertiary/aromatic N) is 2. The number of benzene rings is 21. The molecule has 0 fully saturated rings. The van der Waals surface area contributed by atoms with Gasteiger partial charge in [0.25, 0.3) is 20.1 Å². The first kappa shape index (κ1) is 81.2. The van der Waals surface area contributed by atoms with E-state index in [1.54, 1.807) is 0 Å². The summed E-state index contributed by atoms with van der Waals surface area (Å²) >= 11 is 0. The molecule has 0 saturated heterocycles. The fourth-order valence-corrected chi connectivity index (χ4v) is 22.7. The van der Waals surface area contributed by atoms with Gasteiger partial charge in [-0.25, -0.2) is 0 Å². The summed E-state index contributed by atoms with van der Waals surface area (Å²) in [6, 6.07) is 174. The van der Waals surface area contributed by atoms with Crippen LogP contribution >= 0.6 is 0 Å². The zero-order chi connectivity index (χ0) is 92.1. The number of para-hydroxylation sites is 2. The number of hydrogen-bond acceptors (Lipinski definition) is 6. The topological polar surface area (TPSA) is 43.4 Å². The zero-order valence-corrected chi connectivity index (χ0v) is 76.8. The third-order valence-electron chi connectivity index (χ3n) is 29.2. The molecule has 0 amide bonds. The van der Waals surface area contributed by atoms with Gasteiger partial charge in [-0.05, 0) is 216 Å². The van der Waals surface area contributed by atoms with E-state index in [1.807, 2.05) is 0 Å². The Balaban J connectivity index is 0.792. The van der Waals surface area contributed by atoms with Gasteiger partial charge < -0.3 is 28.7 Å². The van der Waals surface area contributed by atoms with E-state index in [4.69, 9.17) is 18.9 Å². The average molecular weight is 1770 g/mol. The molecule has 21 aromatic rings. The maximum absolute atomic E-state index is 8.55. The Morgan fingerprint density at radius 1 is 0.173 bits per heavy atom. The van der Waals surface area contributed by atoms with E-state index in [-0.39, 0.29) is 6.71 Å². The molecule has 0 atom stereocenters. The summed E-state index contributed by atoms with van der Waals surface area (Å²) in [5.74, 6) is 5.65. The van der Waals surface area contributed by atoms with Crippen molar-refractivity contribution in [2.45, 2.75) is 26.2 Å². The van der Waals surface area contributed by atoms with E-state index in [1.165, 1.54) is 0 Å². The SMILES string of the molecule is CC(C)(C)c1cc2c3c(c1)N(c1c(-c4cccc(-c5ccccc5)c4)cccc1-c1cccc(-c4ccccc4)c1)c1cc4c5c(c1B3c1ccc(-c3ccccc3)cc1N2c1c(-c2cccc(-c3ccccc3)c2)cccc1-c1cccc(-c2ccccc2)c1)Oc1cc(-c2ccccc2)ccc1B5c1c(cc2c3c1Oc1ccc(-c5ccccc5)cc1B3c1cc(-c3ccccc3)ccc1O2)O4. The minimum atomic E-state index is -0.564. The molecule has 0 aromatic heterocycles. The molecule has 0 N–H and O–H groups in total. The van der Waals surface area contributed by atoms with Crippen molar-refractivity contribution in [3.63, 3.8) is 0 Å². The number of ether oxygens (including phenoxy) is 4. The van der Waals surface area contributed by atoms with Crippen molar-refractivity contribution in [2.75, 3.05) is 9.80 Å². The highest BCUT2D eigenvalue weighted by atomic mass is 16.5. The van der Waals surface area contributed by atoms with Gasteiger partial charge in [-0.2, -0.15) is 0 Å². The Hall–Kier alpha value is -17.4. The maximum atomic E-state index is 8.55. The molecule has 9 heteroatoms. The molecule has 0 saturated carbocycles. The van der Waals surface area contributed by atoms with Crippen molar-refractivity contribution < 1.29 is 18.9 Å². The lowest BCUT2D eigenvalue weighted by Crippen LogP contribution is -2.66. The van der Waals surface area contributed by atoms with Gasteiger partial charge in [0.1, 0.15) is 46.0 Å². The van der Waals surface area contributed by atoms with Crippen molar-refractivity contribution in [2.24, 2.45) is 0 Å². The van der Waals surface area contributed by atoms with Crippen LogP contribution in [0, 0.1) is 0 Å². The second kappa shape index (κ2) is 32.7. The van der Waals surface area contributed by atoms with Gasteiger partial charge in [0.05, 0.1) is 11.4 Å². The van der Waals surface area contributed by atoms with Gasteiger partial charge in [0.2, 0.25) is 0 Å². The minimum Gasteiger partial charge on any atom is -0.459 e. The molecular formula is C130H87B3N2O4. The van der Waals surface area contributed by atoms with Crippen molar-refractivity contribution in [3.8, 4) is 180 Å². The molecule has 0 bridgehead atoms. The highest BCUT2D eigenvalue weighted by Gasteiger charge is 2.54. The lowest BCUT2D eigenvalue weighted by molar-refractivity contribution is 0.443. The molecule has 6 nitrogen and oxygen atoms in total. The molecule has 6 aliphatic rings. The monoisotopic (exact) mass is 1770 g/mol. The Morgan fingerprint density at radius 3 is 0.849 bits per heavy atom. The normalized spacial score (nSPS) is 12.9. The molecule has 139 heavy (non-hydrogen) atoms. The van der Waals surface area contributed by atoms with Crippen LogP contribution in [-0.2, 0) is 5.41 Å². The molecule has 0 aliphatic carbocycles. The molecule has 6 heterocycles. The van der Waals surface area contributed by atoms with Gasteiger partial charge in [-0.1, -0.05) is 421 Å². The molecular weight excluding hydrogens is 1690 g/mol. The Kier molecular flexibility index (Phi) is 19.1. The summed E-state index contributed by atoms with van der Waals surface area (Å²) in [4.78, 5) is 5.36. The van der Waals surface area contributed by atoms with E-state index < -0.39 is 18.8 Å². The van der Waals surface area contributed by atoms with Crippen molar-refractivity contribution in [3.05, 3.63) is 479 Å². The first-order valence-corrected chi connectivity index (χ1v) is 48.1. The van der Waals surface area contributed by atoms with Crippen LogP contribution in [0.15, 0.2) is 473 Å². The summed E-state index contributed by atoms with van der Waals surface area (Å²) < 4.78 is 32.3. The zero-order valence-electron chi connectivity index (χ0n) is 76.8. The standard InChI is InChI=1S/C130H87B3N2O4/c1-130(2,3)102-78-112-121-113(79-102)135(127-105(100-56-30-52-92(72-100)84-38-16-6-17-39-84)60-33-61-106(127)101-57-31-53-93(73-101)85-40-18-7-19-41-85)114-80-118-124-128(122(114)132(121)107-66-62-96(88-46-24-10-25-47-88)76-111(107)134(112)126-103(98-54-28-50-90(70-98)82-34-12-4-13-35-82)58-32-59-104(126)99-55-29-51-91(71-99)83-36-14-5-15-37-83)139-117-77-97(89-48-26-11-27-49-89)63-67-108(117)133(124)125-120(137-118)81-119-123-129(125)138-116-69-65-95(87-44-22-9-23-45-87)75-110(116)131(123)109-74-94(64-68-115(109)136-119)86-42-20-8-21-43-86/h4-81H,1-3H3. The van der Waals surface area contributed by atoms with Crippen molar-refractivity contribution in [1.82, 2.24) is 0 Å². The van der Waals surface area contributed by atoms with Crippen LogP contribution in [0.25, 0.3) is 134 Å². The molecule has 0 spiro atoms. The van der Waals surface area contributed by atoms with Crippen LogP contribution in [0.3, 0.4) is 0 Å². The lowest BCUT2D eigenvalue weighted by atomic mass is 9.29. The molecule has 21 aromatic carbocycles.